The average Bonchev–Trinajstić information content (AvgIpc) is 2.56. The molecule has 2 N–H and O–H groups in total. The lowest BCUT2D eigenvalue weighted by Crippen LogP contribution is -2.45. The van der Waals surface area contributed by atoms with E-state index >= 15 is 0 Å². The molecule has 1 saturated heterocycles. The van der Waals surface area contributed by atoms with Crippen molar-refractivity contribution in [1.82, 2.24) is 4.90 Å². The van der Waals surface area contributed by atoms with Crippen LogP contribution in [0, 0.1) is 0 Å². The zero-order chi connectivity index (χ0) is 15.4. The molecule has 132 valence electrons. The highest BCUT2D eigenvalue weighted by atomic mass is 35.5. The Kier molecular flexibility index (Phi) is 8.19. The minimum atomic E-state index is 0. The zero-order valence-corrected chi connectivity index (χ0v) is 15.5. The van der Waals surface area contributed by atoms with Crippen molar-refractivity contribution >= 4 is 36.2 Å². The van der Waals surface area contributed by atoms with Gasteiger partial charge in [-0.1, -0.05) is 18.2 Å². The number of halogens is 2. The van der Waals surface area contributed by atoms with Gasteiger partial charge in [0.15, 0.2) is 0 Å². The van der Waals surface area contributed by atoms with Gasteiger partial charge in [0.25, 0.3) is 0 Å². The highest BCUT2D eigenvalue weighted by molar-refractivity contribution is 5.85. The molecule has 0 amide bonds. The molecule has 0 atom stereocenters. The third kappa shape index (κ3) is 5.20. The number of ether oxygens (including phenoxy) is 1. The molecule has 2 aromatic carbocycles. The van der Waals surface area contributed by atoms with Crippen molar-refractivity contribution in [2.45, 2.75) is 6.54 Å². The highest BCUT2D eigenvalue weighted by Gasteiger charge is 2.17. The Bertz CT molecular complexity index is 631. The van der Waals surface area contributed by atoms with Crippen LogP contribution in [-0.4, -0.2) is 38.2 Å². The van der Waals surface area contributed by atoms with Gasteiger partial charge >= 0.3 is 0 Å². The van der Waals surface area contributed by atoms with Crippen LogP contribution in [0.4, 0.5) is 11.4 Å². The van der Waals surface area contributed by atoms with Gasteiger partial charge in [0, 0.05) is 50.2 Å². The Morgan fingerprint density at radius 3 is 2.33 bits per heavy atom. The standard InChI is InChI=1S/C18H23N3O.2ClH/c1-22-18-7-3-6-17(13-18)21-10-8-20(9-11-21)14-15-4-2-5-16(19)12-15;;/h2-7,12-13H,8-11,14,19H2,1H3;2*1H. The summed E-state index contributed by atoms with van der Waals surface area (Å²) in [5.41, 5.74) is 9.22. The summed E-state index contributed by atoms with van der Waals surface area (Å²) in [5, 5.41) is 0. The fraction of sp³-hybridized carbons (Fsp3) is 0.333. The summed E-state index contributed by atoms with van der Waals surface area (Å²) in [4.78, 5) is 4.89. The SMILES string of the molecule is COc1cccc(N2CCN(Cc3cccc(N)c3)CC2)c1.Cl.Cl. The van der Waals surface area contributed by atoms with E-state index in [-0.39, 0.29) is 24.8 Å². The van der Waals surface area contributed by atoms with Crippen LogP contribution in [0.2, 0.25) is 0 Å². The predicted molar refractivity (Wildman–Crippen MR) is 106 cm³/mol. The maximum Gasteiger partial charge on any atom is 0.120 e. The smallest absolute Gasteiger partial charge is 0.120 e. The van der Waals surface area contributed by atoms with E-state index < -0.39 is 0 Å². The molecule has 24 heavy (non-hydrogen) atoms. The molecule has 0 radical (unpaired) electrons. The summed E-state index contributed by atoms with van der Waals surface area (Å²) >= 11 is 0. The number of hydrogen-bond acceptors (Lipinski definition) is 4. The van der Waals surface area contributed by atoms with E-state index in [2.05, 4.69) is 34.1 Å². The fourth-order valence-electron chi connectivity index (χ4n) is 2.92. The van der Waals surface area contributed by atoms with Crippen LogP contribution in [0.3, 0.4) is 0 Å². The Hall–Kier alpha value is -1.62. The van der Waals surface area contributed by atoms with E-state index in [0.29, 0.717) is 0 Å². The topological polar surface area (TPSA) is 41.7 Å². The van der Waals surface area contributed by atoms with Gasteiger partial charge in [0.2, 0.25) is 0 Å². The summed E-state index contributed by atoms with van der Waals surface area (Å²) in [7, 11) is 1.71. The summed E-state index contributed by atoms with van der Waals surface area (Å²) in [6.07, 6.45) is 0. The first-order chi connectivity index (χ1) is 10.7. The third-order valence-corrected chi connectivity index (χ3v) is 4.15. The third-order valence-electron chi connectivity index (χ3n) is 4.15. The van der Waals surface area contributed by atoms with Gasteiger partial charge in [0.05, 0.1) is 7.11 Å². The second kappa shape index (κ2) is 9.62. The van der Waals surface area contributed by atoms with Gasteiger partial charge in [-0.2, -0.15) is 0 Å². The second-order valence-electron chi connectivity index (χ2n) is 5.71. The number of hydrogen-bond donors (Lipinski definition) is 1. The van der Waals surface area contributed by atoms with Crippen LogP contribution in [0.1, 0.15) is 5.56 Å². The molecular weight excluding hydrogens is 345 g/mol. The summed E-state index contributed by atoms with van der Waals surface area (Å²) in [6.45, 7) is 5.17. The van der Waals surface area contributed by atoms with Crippen molar-refractivity contribution in [3.63, 3.8) is 0 Å². The lowest BCUT2D eigenvalue weighted by molar-refractivity contribution is 0.250. The van der Waals surface area contributed by atoms with Crippen LogP contribution in [0.5, 0.6) is 5.75 Å². The lowest BCUT2D eigenvalue weighted by Gasteiger charge is -2.36. The molecule has 0 aliphatic carbocycles. The molecule has 0 aromatic heterocycles. The largest absolute Gasteiger partial charge is 0.497 e. The molecule has 1 heterocycles. The number of nitrogens with two attached hydrogens (primary N) is 1. The van der Waals surface area contributed by atoms with E-state index in [1.807, 2.05) is 24.3 Å². The Morgan fingerprint density at radius 1 is 0.958 bits per heavy atom. The Balaban J connectivity index is 0.00000144. The quantitative estimate of drug-likeness (QED) is 0.838. The van der Waals surface area contributed by atoms with Crippen LogP contribution >= 0.6 is 24.8 Å². The van der Waals surface area contributed by atoms with Crippen LogP contribution in [0.15, 0.2) is 48.5 Å². The predicted octanol–water partition coefficient (Wildman–Crippen LogP) is 3.44. The van der Waals surface area contributed by atoms with Gasteiger partial charge in [-0.05, 0) is 29.8 Å². The molecule has 0 spiro atoms. The van der Waals surface area contributed by atoms with Gasteiger partial charge in [-0.15, -0.1) is 24.8 Å². The van der Waals surface area contributed by atoms with Crippen molar-refractivity contribution < 1.29 is 4.74 Å². The maximum atomic E-state index is 5.85. The molecule has 6 heteroatoms. The molecule has 0 saturated carbocycles. The van der Waals surface area contributed by atoms with Gasteiger partial charge in [-0.3, -0.25) is 4.90 Å². The van der Waals surface area contributed by atoms with Crippen molar-refractivity contribution in [3.8, 4) is 5.75 Å². The molecule has 0 unspecified atom stereocenters. The number of piperazine rings is 1. The monoisotopic (exact) mass is 369 g/mol. The molecule has 2 aromatic rings. The summed E-state index contributed by atoms with van der Waals surface area (Å²) < 4.78 is 5.31. The van der Waals surface area contributed by atoms with Crippen molar-refractivity contribution in [2.24, 2.45) is 0 Å². The number of anilines is 2. The highest BCUT2D eigenvalue weighted by Crippen LogP contribution is 2.22. The van der Waals surface area contributed by atoms with Crippen molar-refractivity contribution in [1.29, 1.82) is 0 Å². The normalized spacial score (nSPS) is 14.5. The number of methoxy groups -OCH3 is 1. The molecule has 4 nitrogen and oxygen atoms in total. The maximum absolute atomic E-state index is 5.85. The lowest BCUT2D eigenvalue weighted by atomic mass is 10.1. The van der Waals surface area contributed by atoms with Gasteiger partial charge in [-0.25, -0.2) is 0 Å². The van der Waals surface area contributed by atoms with E-state index in [1.54, 1.807) is 7.11 Å². The van der Waals surface area contributed by atoms with E-state index in [0.717, 1.165) is 44.2 Å². The van der Waals surface area contributed by atoms with E-state index in [9.17, 15) is 0 Å². The molecule has 1 fully saturated rings. The Morgan fingerprint density at radius 2 is 1.67 bits per heavy atom. The molecule has 1 aliphatic rings. The number of benzene rings is 2. The van der Waals surface area contributed by atoms with Crippen molar-refractivity contribution in [3.05, 3.63) is 54.1 Å². The van der Waals surface area contributed by atoms with Gasteiger partial charge < -0.3 is 15.4 Å². The molecule has 0 bridgehead atoms. The first-order valence-corrected chi connectivity index (χ1v) is 7.70. The summed E-state index contributed by atoms with van der Waals surface area (Å²) in [6, 6.07) is 16.5. The average molecular weight is 370 g/mol. The van der Waals surface area contributed by atoms with Gasteiger partial charge in [0.1, 0.15) is 5.75 Å². The number of nitrogen functional groups attached to an aromatic ring is 1. The first-order valence-electron chi connectivity index (χ1n) is 7.70. The molecule has 3 rings (SSSR count). The van der Waals surface area contributed by atoms with Crippen LogP contribution in [0.25, 0.3) is 0 Å². The van der Waals surface area contributed by atoms with Crippen LogP contribution < -0.4 is 15.4 Å². The molecule has 1 aliphatic heterocycles. The minimum Gasteiger partial charge on any atom is -0.497 e. The van der Waals surface area contributed by atoms with Crippen molar-refractivity contribution in [2.75, 3.05) is 43.9 Å². The number of nitrogens with zero attached hydrogens (tertiary/aromatic N) is 2. The zero-order valence-electron chi connectivity index (χ0n) is 13.9. The fourth-order valence-corrected chi connectivity index (χ4v) is 2.92. The second-order valence-corrected chi connectivity index (χ2v) is 5.71. The minimum absolute atomic E-state index is 0. The van der Waals surface area contributed by atoms with Crippen LogP contribution in [-0.2, 0) is 6.54 Å². The van der Waals surface area contributed by atoms with E-state index in [1.165, 1.54) is 11.3 Å². The van der Waals surface area contributed by atoms with E-state index in [4.69, 9.17) is 10.5 Å². The first kappa shape index (κ1) is 20.4. The summed E-state index contributed by atoms with van der Waals surface area (Å²) in [5.74, 6) is 0.916. The molecular formula is C18H25Cl2N3O. The number of rotatable bonds is 4. The Labute approximate surface area is 156 Å².